The molecule has 1 amide bonds. The van der Waals surface area contributed by atoms with Crippen LogP contribution in [0, 0.1) is 6.92 Å². The lowest BCUT2D eigenvalue weighted by molar-refractivity contribution is -0.136. The molecule has 1 saturated heterocycles. The van der Waals surface area contributed by atoms with Crippen LogP contribution in [0.3, 0.4) is 0 Å². The maximum Gasteiger partial charge on any atom is 0.261 e. The first-order valence-electron chi connectivity index (χ1n) is 10.0. The lowest BCUT2D eigenvalue weighted by Gasteiger charge is -2.38. The van der Waals surface area contributed by atoms with Gasteiger partial charge in [-0.3, -0.25) is 14.2 Å². The van der Waals surface area contributed by atoms with E-state index in [1.807, 2.05) is 53.0 Å². The molecule has 152 valence electrons. The molecule has 4 rings (SSSR count). The van der Waals surface area contributed by atoms with Crippen LogP contribution in [0.15, 0.2) is 53.8 Å². The average molecular weight is 394 g/mol. The minimum atomic E-state index is -1.01. The summed E-state index contributed by atoms with van der Waals surface area (Å²) in [6, 6.07) is 9.44. The molecule has 0 saturated carbocycles. The second-order valence-corrected chi connectivity index (χ2v) is 7.97. The number of aliphatic hydroxyl groups is 1. The molecule has 29 heavy (non-hydrogen) atoms. The van der Waals surface area contributed by atoms with Gasteiger partial charge in [0.05, 0.1) is 29.4 Å². The molecule has 0 unspecified atom stereocenters. The van der Waals surface area contributed by atoms with Gasteiger partial charge in [0.15, 0.2) is 0 Å². The number of hydrogen-bond acceptors (Lipinski definition) is 4. The van der Waals surface area contributed by atoms with E-state index < -0.39 is 5.60 Å². The Morgan fingerprint density at radius 1 is 1.21 bits per heavy atom. The zero-order valence-electron chi connectivity index (χ0n) is 16.6. The SMILES string of the molecule is Cc1ccc2c(=O)n(CC3(O)CCN(C(=O)CCn4cccc4)CC3)cnc2c1. The van der Waals surface area contributed by atoms with E-state index in [4.69, 9.17) is 0 Å². The highest BCUT2D eigenvalue weighted by atomic mass is 16.3. The summed E-state index contributed by atoms with van der Waals surface area (Å²) in [7, 11) is 0. The maximum atomic E-state index is 12.8. The maximum absolute atomic E-state index is 12.8. The topological polar surface area (TPSA) is 80.4 Å². The number of carbonyl (C=O) groups excluding carboxylic acids is 1. The van der Waals surface area contributed by atoms with Crippen LogP contribution < -0.4 is 5.56 Å². The third-order valence-electron chi connectivity index (χ3n) is 5.74. The molecule has 1 fully saturated rings. The Bertz CT molecular complexity index is 1060. The van der Waals surface area contributed by atoms with Crippen molar-refractivity contribution in [2.75, 3.05) is 13.1 Å². The summed E-state index contributed by atoms with van der Waals surface area (Å²) in [4.78, 5) is 31.4. The molecule has 7 nitrogen and oxygen atoms in total. The molecule has 1 aliphatic rings. The summed E-state index contributed by atoms with van der Waals surface area (Å²) in [5.74, 6) is 0.0978. The number of nitrogens with zero attached hydrogens (tertiary/aromatic N) is 4. The summed E-state index contributed by atoms with van der Waals surface area (Å²) in [6.45, 7) is 3.80. The number of likely N-dealkylation sites (tertiary alicyclic amines) is 1. The fourth-order valence-electron chi connectivity index (χ4n) is 3.93. The van der Waals surface area contributed by atoms with Gasteiger partial charge < -0.3 is 14.6 Å². The first-order valence-corrected chi connectivity index (χ1v) is 10.0. The summed E-state index contributed by atoms with van der Waals surface area (Å²) in [6.07, 6.45) is 6.73. The molecule has 0 atom stereocenters. The smallest absolute Gasteiger partial charge is 0.261 e. The fraction of sp³-hybridized carbons (Fsp3) is 0.409. The summed E-state index contributed by atoms with van der Waals surface area (Å²) in [5, 5.41) is 11.6. The molecule has 0 aliphatic carbocycles. The quantitative estimate of drug-likeness (QED) is 0.717. The van der Waals surface area contributed by atoms with Crippen LogP contribution in [0.2, 0.25) is 0 Å². The number of piperidine rings is 1. The van der Waals surface area contributed by atoms with Crippen molar-refractivity contribution in [1.29, 1.82) is 0 Å². The van der Waals surface area contributed by atoms with E-state index in [-0.39, 0.29) is 18.0 Å². The van der Waals surface area contributed by atoms with Gasteiger partial charge in [0.2, 0.25) is 5.91 Å². The van der Waals surface area contributed by atoms with Crippen LogP contribution in [0.4, 0.5) is 0 Å². The Labute approximate surface area is 169 Å². The van der Waals surface area contributed by atoms with Crippen molar-refractivity contribution in [1.82, 2.24) is 19.0 Å². The summed E-state index contributed by atoms with van der Waals surface area (Å²) in [5.41, 5.74) is 0.561. The average Bonchev–Trinajstić information content (AvgIpc) is 3.22. The number of hydrogen-bond donors (Lipinski definition) is 1. The normalized spacial score (nSPS) is 16.3. The van der Waals surface area contributed by atoms with Gasteiger partial charge in [0.1, 0.15) is 0 Å². The standard InChI is InChI=1S/C22H26N4O3/c1-17-4-5-18-19(14-17)23-16-26(21(18)28)15-22(29)7-12-25(13-8-22)20(27)6-11-24-9-2-3-10-24/h2-5,9-10,14,16,29H,6-8,11-13,15H2,1H3. The minimum Gasteiger partial charge on any atom is -0.388 e. The van der Waals surface area contributed by atoms with Crippen LogP contribution in [-0.4, -0.2) is 48.7 Å². The molecule has 1 aromatic carbocycles. The predicted octanol–water partition coefficient (Wildman–Crippen LogP) is 1.95. The molecule has 0 bridgehead atoms. The van der Waals surface area contributed by atoms with E-state index in [9.17, 15) is 14.7 Å². The van der Waals surface area contributed by atoms with E-state index >= 15 is 0 Å². The molecular weight excluding hydrogens is 368 g/mol. The number of benzene rings is 1. The molecule has 0 radical (unpaired) electrons. The van der Waals surface area contributed by atoms with Crippen LogP contribution >= 0.6 is 0 Å². The highest BCUT2D eigenvalue weighted by Crippen LogP contribution is 2.24. The molecule has 1 aliphatic heterocycles. The molecule has 1 N–H and O–H groups in total. The lowest BCUT2D eigenvalue weighted by Crippen LogP contribution is -2.49. The van der Waals surface area contributed by atoms with Gasteiger partial charge in [0, 0.05) is 38.4 Å². The third kappa shape index (κ3) is 4.24. The van der Waals surface area contributed by atoms with E-state index in [2.05, 4.69) is 4.98 Å². The van der Waals surface area contributed by atoms with Crippen molar-refractivity contribution in [3.63, 3.8) is 0 Å². The Kier molecular flexibility index (Phi) is 5.24. The number of rotatable bonds is 5. The van der Waals surface area contributed by atoms with Gasteiger partial charge in [-0.1, -0.05) is 6.07 Å². The Morgan fingerprint density at radius 2 is 1.93 bits per heavy atom. The third-order valence-corrected chi connectivity index (χ3v) is 5.74. The molecule has 7 heteroatoms. The first kappa shape index (κ1) is 19.4. The van der Waals surface area contributed by atoms with Gasteiger partial charge >= 0.3 is 0 Å². The highest BCUT2D eigenvalue weighted by molar-refractivity contribution is 5.78. The van der Waals surface area contributed by atoms with Crippen LogP contribution in [0.5, 0.6) is 0 Å². The minimum absolute atomic E-state index is 0.0978. The van der Waals surface area contributed by atoms with E-state index in [1.54, 1.807) is 6.07 Å². The van der Waals surface area contributed by atoms with Crippen LogP contribution in [0.1, 0.15) is 24.8 Å². The van der Waals surface area contributed by atoms with Crippen LogP contribution in [-0.2, 0) is 17.9 Å². The Hall–Kier alpha value is -2.93. The number of aryl methyl sites for hydroxylation is 2. The second-order valence-electron chi connectivity index (χ2n) is 7.97. The molecule has 2 aromatic heterocycles. The number of amides is 1. The van der Waals surface area contributed by atoms with E-state index in [0.717, 1.165) is 5.56 Å². The van der Waals surface area contributed by atoms with Crippen molar-refractivity contribution in [3.8, 4) is 0 Å². The van der Waals surface area contributed by atoms with Crippen molar-refractivity contribution in [3.05, 3.63) is 65.0 Å². The zero-order valence-corrected chi connectivity index (χ0v) is 16.6. The number of carbonyl (C=O) groups is 1. The monoisotopic (exact) mass is 394 g/mol. The van der Waals surface area contributed by atoms with Crippen LogP contribution in [0.25, 0.3) is 10.9 Å². The highest BCUT2D eigenvalue weighted by Gasteiger charge is 2.34. The molecule has 3 aromatic rings. The summed E-state index contributed by atoms with van der Waals surface area (Å²) < 4.78 is 3.47. The van der Waals surface area contributed by atoms with Crippen molar-refractivity contribution in [2.45, 2.75) is 44.9 Å². The second kappa shape index (κ2) is 7.83. The van der Waals surface area contributed by atoms with Crippen molar-refractivity contribution in [2.24, 2.45) is 0 Å². The zero-order chi connectivity index (χ0) is 20.4. The van der Waals surface area contributed by atoms with Gasteiger partial charge in [-0.05, 0) is 49.6 Å². The van der Waals surface area contributed by atoms with Gasteiger partial charge in [0.25, 0.3) is 5.56 Å². The lowest BCUT2D eigenvalue weighted by atomic mass is 9.91. The van der Waals surface area contributed by atoms with E-state index in [0.29, 0.717) is 49.8 Å². The molecule has 3 heterocycles. The fourth-order valence-corrected chi connectivity index (χ4v) is 3.93. The first-order chi connectivity index (χ1) is 13.9. The van der Waals surface area contributed by atoms with Crippen molar-refractivity contribution >= 4 is 16.8 Å². The Balaban J connectivity index is 1.39. The van der Waals surface area contributed by atoms with Gasteiger partial charge in [-0.25, -0.2) is 4.98 Å². The van der Waals surface area contributed by atoms with Gasteiger partial charge in [-0.2, -0.15) is 0 Å². The Morgan fingerprint density at radius 3 is 2.66 bits per heavy atom. The predicted molar refractivity (Wildman–Crippen MR) is 111 cm³/mol. The van der Waals surface area contributed by atoms with Crippen molar-refractivity contribution < 1.29 is 9.90 Å². The number of fused-ring (bicyclic) bond motifs is 1. The summed E-state index contributed by atoms with van der Waals surface area (Å²) >= 11 is 0. The largest absolute Gasteiger partial charge is 0.388 e. The molecular formula is C22H26N4O3. The van der Waals surface area contributed by atoms with Gasteiger partial charge in [-0.15, -0.1) is 0 Å². The molecule has 0 spiro atoms. The van der Waals surface area contributed by atoms with E-state index in [1.165, 1.54) is 10.9 Å². The number of aromatic nitrogens is 3.